The number of nitrogens with one attached hydrogen (secondary N) is 1. The van der Waals surface area contributed by atoms with Gasteiger partial charge in [-0.15, -0.1) is 0 Å². The van der Waals surface area contributed by atoms with Gasteiger partial charge < -0.3 is 20.7 Å². The van der Waals surface area contributed by atoms with Gasteiger partial charge in [0, 0.05) is 45.0 Å². The molecule has 1 fully saturated rings. The number of para-hydroxylation sites is 3. The predicted molar refractivity (Wildman–Crippen MR) is 113 cm³/mol. The van der Waals surface area contributed by atoms with Crippen LogP contribution in [0.2, 0.25) is 0 Å². The molecule has 3 N–H and O–H groups in total. The lowest BCUT2D eigenvalue weighted by atomic mass is 10.2. The molecule has 0 unspecified atom stereocenters. The zero-order chi connectivity index (χ0) is 18.9. The second-order valence-corrected chi connectivity index (χ2v) is 6.61. The number of nitrogens with zero attached hydrogens (tertiary/aromatic N) is 3. The summed E-state index contributed by atoms with van der Waals surface area (Å²) in [6.45, 7) is 6.09. The lowest BCUT2D eigenvalue weighted by Crippen LogP contribution is -2.46. The van der Waals surface area contributed by atoms with Gasteiger partial charge in [0.15, 0.2) is 5.96 Å². The minimum absolute atomic E-state index is 0.424. The molecule has 6 nitrogen and oxygen atoms in total. The fraction of sp³-hybridized carbons (Fsp3) is 0.381. The molecule has 0 saturated carbocycles. The van der Waals surface area contributed by atoms with Crippen LogP contribution in [0.15, 0.2) is 59.6 Å². The van der Waals surface area contributed by atoms with Crippen molar-refractivity contribution < 1.29 is 4.74 Å². The van der Waals surface area contributed by atoms with Gasteiger partial charge >= 0.3 is 0 Å². The number of anilines is 2. The molecule has 0 atom stereocenters. The number of methoxy groups -OCH3 is 1. The first-order valence-electron chi connectivity index (χ1n) is 9.48. The fourth-order valence-corrected chi connectivity index (χ4v) is 3.29. The van der Waals surface area contributed by atoms with Crippen molar-refractivity contribution in [1.82, 2.24) is 4.90 Å². The molecule has 1 aliphatic rings. The van der Waals surface area contributed by atoms with Crippen molar-refractivity contribution >= 4 is 17.3 Å². The molecule has 1 heterocycles. The molecule has 0 amide bonds. The van der Waals surface area contributed by atoms with Crippen molar-refractivity contribution in [2.24, 2.45) is 10.7 Å². The van der Waals surface area contributed by atoms with Crippen LogP contribution in [0.4, 0.5) is 11.4 Å². The van der Waals surface area contributed by atoms with Gasteiger partial charge in [0.05, 0.1) is 12.8 Å². The third kappa shape index (κ3) is 5.62. The Morgan fingerprint density at radius 2 is 1.74 bits per heavy atom. The highest BCUT2D eigenvalue weighted by Gasteiger charge is 2.16. The topological polar surface area (TPSA) is 66.1 Å². The van der Waals surface area contributed by atoms with Crippen LogP contribution in [0.1, 0.15) is 6.42 Å². The second kappa shape index (κ2) is 9.83. The molecule has 1 saturated heterocycles. The zero-order valence-corrected chi connectivity index (χ0v) is 16.0. The van der Waals surface area contributed by atoms with E-state index in [4.69, 9.17) is 10.5 Å². The summed E-state index contributed by atoms with van der Waals surface area (Å²) in [5.74, 6) is 1.18. The molecule has 0 aromatic heterocycles. The molecule has 27 heavy (non-hydrogen) atoms. The van der Waals surface area contributed by atoms with E-state index in [0.717, 1.165) is 50.6 Å². The smallest absolute Gasteiger partial charge is 0.193 e. The highest BCUT2D eigenvalue weighted by molar-refractivity contribution is 5.93. The minimum atomic E-state index is 0.424. The van der Waals surface area contributed by atoms with E-state index in [1.165, 1.54) is 5.69 Å². The first kappa shape index (κ1) is 19.0. The van der Waals surface area contributed by atoms with E-state index in [2.05, 4.69) is 50.4 Å². The number of aliphatic imine (C=N–C) groups is 1. The summed E-state index contributed by atoms with van der Waals surface area (Å²) in [5.41, 5.74) is 8.14. The molecule has 2 aromatic rings. The van der Waals surface area contributed by atoms with E-state index in [1.54, 1.807) is 7.11 Å². The molecule has 0 bridgehead atoms. The third-order valence-corrected chi connectivity index (χ3v) is 4.78. The van der Waals surface area contributed by atoms with Gasteiger partial charge in [-0.25, -0.2) is 0 Å². The Hall–Kier alpha value is -2.73. The van der Waals surface area contributed by atoms with E-state index >= 15 is 0 Å². The van der Waals surface area contributed by atoms with Crippen LogP contribution < -0.4 is 20.7 Å². The largest absolute Gasteiger partial charge is 0.495 e. The highest BCUT2D eigenvalue weighted by atomic mass is 16.5. The maximum atomic E-state index is 5.99. The Balaban J connectivity index is 1.37. The summed E-state index contributed by atoms with van der Waals surface area (Å²) in [5, 5.41) is 3.11. The third-order valence-electron chi connectivity index (χ3n) is 4.78. The molecule has 144 valence electrons. The lowest BCUT2D eigenvalue weighted by molar-refractivity contribution is 0.256. The molecule has 0 spiro atoms. The van der Waals surface area contributed by atoms with Gasteiger partial charge in [0.1, 0.15) is 5.75 Å². The highest BCUT2D eigenvalue weighted by Crippen LogP contribution is 2.22. The summed E-state index contributed by atoms with van der Waals surface area (Å²) in [7, 11) is 1.64. The maximum Gasteiger partial charge on any atom is 0.193 e. The van der Waals surface area contributed by atoms with Crippen molar-refractivity contribution in [2.75, 3.05) is 56.6 Å². The normalized spacial score (nSPS) is 15.6. The SMILES string of the molecule is COc1ccccc1NC(N)=NCCCN1CCN(c2ccccc2)CC1. The van der Waals surface area contributed by atoms with Gasteiger partial charge in [-0.2, -0.15) is 0 Å². The van der Waals surface area contributed by atoms with Crippen molar-refractivity contribution in [3.05, 3.63) is 54.6 Å². The molecular weight excluding hydrogens is 338 g/mol. The van der Waals surface area contributed by atoms with Crippen molar-refractivity contribution in [3.8, 4) is 5.75 Å². The summed E-state index contributed by atoms with van der Waals surface area (Å²) < 4.78 is 5.31. The minimum Gasteiger partial charge on any atom is -0.495 e. The number of ether oxygens (including phenoxy) is 1. The molecular formula is C21H29N5O. The van der Waals surface area contributed by atoms with Gasteiger partial charge in [-0.1, -0.05) is 30.3 Å². The number of nitrogens with two attached hydrogens (primary N) is 1. The second-order valence-electron chi connectivity index (χ2n) is 6.61. The van der Waals surface area contributed by atoms with E-state index in [-0.39, 0.29) is 0 Å². The number of hydrogen-bond donors (Lipinski definition) is 2. The summed E-state index contributed by atoms with van der Waals surface area (Å²) in [6.07, 6.45) is 1.000. The lowest BCUT2D eigenvalue weighted by Gasteiger charge is -2.36. The van der Waals surface area contributed by atoms with E-state index in [1.807, 2.05) is 24.3 Å². The summed E-state index contributed by atoms with van der Waals surface area (Å²) in [4.78, 5) is 9.38. The average Bonchev–Trinajstić information content (AvgIpc) is 2.73. The fourth-order valence-electron chi connectivity index (χ4n) is 3.29. The van der Waals surface area contributed by atoms with Gasteiger partial charge in [0.25, 0.3) is 0 Å². The molecule has 3 rings (SSSR count). The van der Waals surface area contributed by atoms with E-state index in [9.17, 15) is 0 Å². The number of hydrogen-bond acceptors (Lipinski definition) is 4. The van der Waals surface area contributed by atoms with Crippen molar-refractivity contribution in [1.29, 1.82) is 0 Å². The van der Waals surface area contributed by atoms with Crippen LogP contribution in [0.5, 0.6) is 5.75 Å². The zero-order valence-electron chi connectivity index (χ0n) is 16.0. The number of guanidine groups is 1. The van der Waals surface area contributed by atoms with Crippen LogP contribution in [0.3, 0.4) is 0 Å². The predicted octanol–water partition coefficient (Wildman–Crippen LogP) is 2.63. The van der Waals surface area contributed by atoms with Gasteiger partial charge in [-0.3, -0.25) is 9.89 Å². The van der Waals surface area contributed by atoms with Crippen LogP contribution in [-0.4, -0.2) is 57.2 Å². The first-order chi connectivity index (χ1) is 13.3. The van der Waals surface area contributed by atoms with Crippen LogP contribution in [0, 0.1) is 0 Å². The molecule has 0 aliphatic carbocycles. The molecule has 6 heteroatoms. The molecule has 2 aromatic carbocycles. The Morgan fingerprint density at radius 3 is 2.48 bits per heavy atom. The molecule has 1 aliphatic heterocycles. The van der Waals surface area contributed by atoms with Crippen molar-refractivity contribution in [3.63, 3.8) is 0 Å². The van der Waals surface area contributed by atoms with Crippen LogP contribution in [-0.2, 0) is 0 Å². The Bertz CT molecular complexity index is 726. The van der Waals surface area contributed by atoms with Crippen molar-refractivity contribution in [2.45, 2.75) is 6.42 Å². The van der Waals surface area contributed by atoms with E-state index in [0.29, 0.717) is 12.5 Å². The average molecular weight is 367 g/mol. The van der Waals surface area contributed by atoms with Crippen LogP contribution in [0.25, 0.3) is 0 Å². The molecule has 0 radical (unpaired) electrons. The summed E-state index contributed by atoms with van der Waals surface area (Å²) in [6, 6.07) is 18.3. The van der Waals surface area contributed by atoms with Gasteiger partial charge in [-0.05, 0) is 30.7 Å². The standard InChI is InChI=1S/C21H29N5O/c1-27-20-11-6-5-10-19(20)24-21(22)23-12-7-13-25-14-16-26(17-15-25)18-8-3-2-4-9-18/h2-6,8-11H,7,12-17H2,1H3,(H3,22,23,24). The quantitative estimate of drug-likeness (QED) is 0.447. The number of piperazine rings is 1. The van der Waals surface area contributed by atoms with Crippen LogP contribution >= 0.6 is 0 Å². The Labute approximate surface area is 161 Å². The monoisotopic (exact) mass is 367 g/mol. The Kier molecular flexibility index (Phi) is 6.93. The number of benzene rings is 2. The summed E-state index contributed by atoms with van der Waals surface area (Å²) >= 11 is 0. The Morgan fingerprint density at radius 1 is 1.04 bits per heavy atom. The van der Waals surface area contributed by atoms with E-state index < -0.39 is 0 Å². The maximum absolute atomic E-state index is 5.99. The number of rotatable bonds is 7. The first-order valence-corrected chi connectivity index (χ1v) is 9.48. The van der Waals surface area contributed by atoms with Gasteiger partial charge in [0.2, 0.25) is 0 Å².